The molecule has 0 aliphatic carbocycles. The Morgan fingerprint density at radius 3 is 2.75 bits per heavy atom. The summed E-state index contributed by atoms with van der Waals surface area (Å²) in [7, 11) is 2.72. The summed E-state index contributed by atoms with van der Waals surface area (Å²) in [5.41, 5.74) is 0.470. The van der Waals surface area contributed by atoms with Crippen LogP contribution in [0.3, 0.4) is 0 Å². The van der Waals surface area contributed by atoms with Gasteiger partial charge in [-0.15, -0.1) is 11.8 Å². The van der Waals surface area contributed by atoms with Gasteiger partial charge in [0.1, 0.15) is 18.4 Å². The zero-order valence-corrected chi connectivity index (χ0v) is 14.3. The lowest BCUT2D eigenvalue weighted by Gasteiger charge is -2.30. The lowest BCUT2D eigenvalue weighted by Crippen LogP contribution is -2.55. The van der Waals surface area contributed by atoms with Gasteiger partial charge in [-0.25, -0.2) is 4.39 Å². The van der Waals surface area contributed by atoms with Crippen LogP contribution in [0.1, 0.15) is 5.56 Å². The fourth-order valence-electron chi connectivity index (χ4n) is 2.34. The molecule has 0 saturated carbocycles. The Morgan fingerprint density at radius 1 is 1.42 bits per heavy atom. The summed E-state index contributed by atoms with van der Waals surface area (Å²) in [5, 5.41) is 2.21. The first-order valence-corrected chi connectivity index (χ1v) is 8.44. The number of benzene rings is 1. The average Bonchev–Trinajstić information content (AvgIpc) is 2.57. The Bertz CT molecular complexity index is 640. The third-order valence-electron chi connectivity index (χ3n) is 3.70. The van der Waals surface area contributed by atoms with E-state index in [1.165, 1.54) is 36.9 Å². The highest BCUT2D eigenvalue weighted by Gasteiger charge is 2.34. The van der Waals surface area contributed by atoms with Crippen molar-refractivity contribution in [2.45, 2.75) is 17.7 Å². The van der Waals surface area contributed by atoms with E-state index in [1.807, 2.05) is 0 Å². The number of ether oxygens (including phenoxy) is 1. The van der Waals surface area contributed by atoms with Gasteiger partial charge in [-0.2, -0.15) is 0 Å². The molecule has 1 aromatic carbocycles. The van der Waals surface area contributed by atoms with Crippen molar-refractivity contribution in [3.63, 3.8) is 0 Å². The van der Waals surface area contributed by atoms with Crippen molar-refractivity contribution in [2.24, 2.45) is 0 Å². The van der Waals surface area contributed by atoms with Crippen molar-refractivity contribution in [3.05, 3.63) is 35.6 Å². The lowest BCUT2D eigenvalue weighted by atomic mass is 10.1. The molecule has 0 bridgehead atoms. The number of carbonyl (C=O) groups is 3. The van der Waals surface area contributed by atoms with Crippen LogP contribution in [0, 0.1) is 5.82 Å². The molecule has 2 atom stereocenters. The number of esters is 1. The molecule has 24 heavy (non-hydrogen) atoms. The highest BCUT2D eigenvalue weighted by Crippen LogP contribution is 2.23. The minimum Gasteiger partial charge on any atom is -0.468 e. The van der Waals surface area contributed by atoms with Gasteiger partial charge in [-0.1, -0.05) is 18.2 Å². The van der Waals surface area contributed by atoms with Crippen LogP contribution in [-0.4, -0.2) is 60.4 Å². The number of thioether (sulfide) groups is 1. The van der Waals surface area contributed by atoms with Gasteiger partial charge in [0, 0.05) is 12.8 Å². The van der Waals surface area contributed by atoms with E-state index in [2.05, 4.69) is 10.1 Å². The monoisotopic (exact) mass is 354 g/mol. The molecule has 2 rings (SSSR count). The molecule has 6 nitrogen and oxygen atoms in total. The summed E-state index contributed by atoms with van der Waals surface area (Å²) in [6.45, 7) is -0.176. The Balaban J connectivity index is 1.93. The Kier molecular flexibility index (Phi) is 6.19. The van der Waals surface area contributed by atoms with Crippen molar-refractivity contribution in [2.75, 3.05) is 26.5 Å². The van der Waals surface area contributed by atoms with E-state index in [0.717, 1.165) is 0 Å². The Morgan fingerprint density at radius 2 is 2.12 bits per heavy atom. The van der Waals surface area contributed by atoms with Gasteiger partial charge in [-0.3, -0.25) is 14.4 Å². The number of methoxy groups -OCH3 is 1. The molecule has 1 aliphatic rings. The Labute approximate surface area is 143 Å². The van der Waals surface area contributed by atoms with E-state index in [9.17, 15) is 18.8 Å². The molecule has 0 unspecified atom stereocenters. The molecular formula is C16H19FN2O4S. The number of amides is 2. The number of carbonyl (C=O) groups excluding carboxylic acids is 3. The normalized spacial score (nSPS) is 20.2. The Hall–Kier alpha value is -2.09. The summed E-state index contributed by atoms with van der Waals surface area (Å²) in [6.07, 6.45) is 0.266. The van der Waals surface area contributed by atoms with E-state index in [-0.39, 0.29) is 30.6 Å². The van der Waals surface area contributed by atoms with Gasteiger partial charge in [-0.05, 0) is 18.1 Å². The van der Waals surface area contributed by atoms with Gasteiger partial charge in [0.2, 0.25) is 11.8 Å². The first-order valence-electron chi connectivity index (χ1n) is 7.39. The van der Waals surface area contributed by atoms with Crippen LogP contribution in [0.25, 0.3) is 0 Å². The van der Waals surface area contributed by atoms with E-state index in [0.29, 0.717) is 11.3 Å². The second kappa shape index (κ2) is 8.14. The molecule has 1 aliphatic heterocycles. The summed E-state index contributed by atoms with van der Waals surface area (Å²) < 4.78 is 18.2. The summed E-state index contributed by atoms with van der Waals surface area (Å²) in [5.74, 6) is -1.17. The molecule has 2 amide bonds. The second-order valence-corrected chi connectivity index (χ2v) is 6.68. The second-order valence-electron chi connectivity index (χ2n) is 5.45. The summed E-state index contributed by atoms with van der Waals surface area (Å²) in [6, 6.07) is 5.62. The maximum atomic E-state index is 13.7. The first kappa shape index (κ1) is 18.3. The fraction of sp³-hybridized carbons (Fsp3) is 0.438. The first-order chi connectivity index (χ1) is 11.4. The number of nitrogens with one attached hydrogen (secondary N) is 1. The number of likely N-dealkylation sites (N-methyl/N-ethyl adjacent to an activating group) is 1. The average molecular weight is 354 g/mol. The van der Waals surface area contributed by atoms with Crippen LogP contribution in [0.4, 0.5) is 4.39 Å². The molecular weight excluding hydrogens is 335 g/mol. The summed E-state index contributed by atoms with van der Waals surface area (Å²) in [4.78, 5) is 36.9. The van der Waals surface area contributed by atoms with Crippen molar-refractivity contribution in [1.82, 2.24) is 10.2 Å². The van der Waals surface area contributed by atoms with Crippen LogP contribution in [-0.2, 0) is 25.5 Å². The smallest absolute Gasteiger partial charge is 0.325 e. The maximum Gasteiger partial charge on any atom is 0.325 e. The van der Waals surface area contributed by atoms with E-state index < -0.39 is 17.3 Å². The summed E-state index contributed by atoms with van der Waals surface area (Å²) >= 11 is 1.31. The third kappa shape index (κ3) is 4.47. The number of halogens is 1. The van der Waals surface area contributed by atoms with Crippen LogP contribution in [0.15, 0.2) is 24.3 Å². The van der Waals surface area contributed by atoms with E-state index in [1.54, 1.807) is 18.2 Å². The minimum absolute atomic E-state index is 0.176. The van der Waals surface area contributed by atoms with Gasteiger partial charge in [0.05, 0.1) is 12.4 Å². The van der Waals surface area contributed by atoms with Gasteiger partial charge in [0.15, 0.2) is 0 Å². The predicted octanol–water partition coefficient (Wildman–Crippen LogP) is 0.600. The highest BCUT2D eigenvalue weighted by atomic mass is 32.2. The molecule has 1 aromatic rings. The molecule has 1 N–H and O–H groups in total. The van der Waals surface area contributed by atoms with Gasteiger partial charge < -0.3 is 15.0 Å². The third-order valence-corrected chi connectivity index (χ3v) is 5.01. The van der Waals surface area contributed by atoms with Crippen molar-refractivity contribution in [3.8, 4) is 0 Å². The number of hydrogen-bond donors (Lipinski definition) is 1. The molecule has 8 heteroatoms. The van der Waals surface area contributed by atoms with E-state index >= 15 is 0 Å². The van der Waals surface area contributed by atoms with Crippen molar-refractivity contribution >= 4 is 29.5 Å². The largest absolute Gasteiger partial charge is 0.468 e. The van der Waals surface area contributed by atoms with Gasteiger partial charge in [0.25, 0.3) is 0 Å². The van der Waals surface area contributed by atoms with Crippen molar-refractivity contribution in [1.29, 1.82) is 0 Å². The van der Waals surface area contributed by atoms with Gasteiger partial charge >= 0.3 is 5.97 Å². The highest BCUT2D eigenvalue weighted by molar-refractivity contribution is 8.00. The lowest BCUT2D eigenvalue weighted by molar-refractivity contribution is -0.146. The molecule has 1 heterocycles. The number of nitrogens with zero attached hydrogens (tertiary/aromatic N) is 1. The maximum absolute atomic E-state index is 13.7. The van der Waals surface area contributed by atoms with Crippen LogP contribution in [0.5, 0.6) is 0 Å². The molecule has 1 saturated heterocycles. The molecule has 1 fully saturated rings. The topological polar surface area (TPSA) is 75.7 Å². The standard InChI is InChI=1S/C16H19FN2O4S/c1-19(8-14(20)23-2)16(22)12-9-24-13(15(21)18-12)7-10-5-3-4-6-11(10)17/h3-6,12-13H,7-9H2,1-2H3,(H,18,21)/t12-,13+/m0/s1. The van der Waals surface area contributed by atoms with Crippen LogP contribution >= 0.6 is 11.8 Å². The molecule has 0 aromatic heterocycles. The van der Waals surface area contributed by atoms with Crippen molar-refractivity contribution < 1.29 is 23.5 Å². The zero-order valence-electron chi connectivity index (χ0n) is 13.5. The molecule has 0 spiro atoms. The predicted molar refractivity (Wildman–Crippen MR) is 87.9 cm³/mol. The fourth-order valence-corrected chi connectivity index (χ4v) is 3.51. The number of rotatable bonds is 5. The number of hydrogen-bond acceptors (Lipinski definition) is 5. The molecule has 0 radical (unpaired) electrons. The van der Waals surface area contributed by atoms with Crippen LogP contribution < -0.4 is 5.32 Å². The molecule has 130 valence electrons. The SMILES string of the molecule is COC(=O)CN(C)C(=O)[C@@H]1CS[C@H](Cc2ccccc2F)C(=O)N1. The quantitative estimate of drug-likeness (QED) is 0.784. The van der Waals surface area contributed by atoms with E-state index in [4.69, 9.17) is 0 Å². The minimum atomic E-state index is -0.700. The van der Waals surface area contributed by atoms with Crippen LogP contribution in [0.2, 0.25) is 0 Å². The zero-order chi connectivity index (χ0) is 17.7.